The average Bonchev–Trinajstić information content (AvgIpc) is 3.37. The second kappa shape index (κ2) is 8.93. The summed E-state index contributed by atoms with van der Waals surface area (Å²) < 4.78 is 12.1. The molecule has 11 heteroatoms. The molecule has 0 aliphatic carbocycles. The summed E-state index contributed by atoms with van der Waals surface area (Å²) >= 11 is 13.9. The van der Waals surface area contributed by atoms with Crippen LogP contribution in [0.4, 0.5) is 5.69 Å². The van der Waals surface area contributed by atoms with Gasteiger partial charge in [0.15, 0.2) is 11.5 Å². The lowest BCUT2D eigenvalue weighted by Gasteiger charge is -2.07. The monoisotopic (exact) mass is 476 g/mol. The van der Waals surface area contributed by atoms with Gasteiger partial charge in [0.05, 0.1) is 40.0 Å². The van der Waals surface area contributed by atoms with Crippen LogP contribution in [0.2, 0.25) is 10.0 Å². The summed E-state index contributed by atoms with van der Waals surface area (Å²) in [7, 11) is 0. The van der Waals surface area contributed by atoms with Crippen LogP contribution in [0.15, 0.2) is 58.5 Å². The van der Waals surface area contributed by atoms with E-state index in [1.165, 1.54) is 29.7 Å². The number of thiazole rings is 1. The lowest BCUT2D eigenvalue weighted by molar-refractivity contribution is -0.385. The Balaban J connectivity index is 1.86. The van der Waals surface area contributed by atoms with Crippen molar-refractivity contribution in [1.82, 2.24) is 4.68 Å². The molecule has 0 amide bonds. The van der Waals surface area contributed by atoms with Crippen LogP contribution >= 0.6 is 34.5 Å². The van der Waals surface area contributed by atoms with Crippen molar-refractivity contribution in [2.24, 2.45) is 10.1 Å². The fraction of sp³-hybridized carbons (Fsp3) is 0.100. The van der Waals surface area contributed by atoms with Crippen molar-refractivity contribution in [3.8, 4) is 22.8 Å². The Labute approximate surface area is 190 Å². The van der Waals surface area contributed by atoms with Crippen LogP contribution in [0.25, 0.3) is 11.3 Å². The minimum atomic E-state index is -0.501. The number of hydrogen-bond acceptors (Lipinski definition) is 7. The van der Waals surface area contributed by atoms with Crippen LogP contribution < -0.4 is 14.3 Å². The lowest BCUT2D eigenvalue weighted by Crippen LogP contribution is -2.12. The van der Waals surface area contributed by atoms with E-state index in [2.05, 4.69) is 16.7 Å². The Hall–Kier alpha value is -3.14. The molecule has 0 N–H and O–H groups in total. The molecular formula is C20H14Cl2N4O4S. The van der Waals surface area contributed by atoms with Gasteiger partial charge >= 0.3 is 0 Å². The maximum absolute atomic E-state index is 11.5. The first-order valence-corrected chi connectivity index (χ1v) is 10.5. The molecule has 158 valence electrons. The van der Waals surface area contributed by atoms with E-state index in [0.29, 0.717) is 44.1 Å². The number of nitro groups is 1. The van der Waals surface area contributed by atoms with Gasteiger partial charge in [-0.05, 0) is 24.3 Å². The number of fused-ring (bicyclic) bond motifs is 1. The van der Waals surface area contributed by atoms with Crippen molar-refractivity contribution >= 4 is 46.4 Å². The molecule has 1 aromatic heterocycles. The molecule has 0 radical (unpaired) electrons. The minimum absolute atomic E-state index is 0.00829. The molecule has 0 saturated carbocycles. The molecule has 4 rings (SSSR count). The molecule has 0 saturated heterocycles. The highest BCUT2D eigenvalue weighted by molar-refractivity contribution is 7.07. The minimum Gasteiger partial charge on any atom is -0.454 e. The van der Waals surface area contributed by atoms with E-state index >= 15 is 0 Å². The second-order valence-corrected chi connectivity index (χ2v) is 7.92. The highest BCUT2D eigenvalue weighted by Crippen LogP contribution is 2.37. The Morgan fingerprint density at radius 1 is 1.26 bits per heavy atom. The van der Waals surface area contributed by atoms with Crippen molar-refractivity contribution in [2.45, 2.75) is 0 Å². The molecule has 0 spiro atoms. The number of nitro benzene ring substituents is 1. The van der Waals surface area contributed by atoms with Crippen LogP contribution in [-0.4, -0.2) is 29.2 Å². The van der Waals surface area contributed by atoms with Gasteiger partial charge in [-0.25, -0.2) is 4.68 Å². The van der Waals surface area contributed by atoms with Crippen LogP contribution in [0.1, 0.15) is 5.56 Å². The van der Waals surface area contributed by atoms with E-state index in [9.17, 15) is 10.1 Å². The molecule has 3 aromatic rings. The molecule has 8 nitrogen and oxygen atoms in total. The lowest BCUT2D eigenvalue weighted by atomic mass is 10.1. The summed E-state index contributed by atoms with van der Waals surface area (Å²) in [5.74, 6) is 0.733. The zero-order chi connectivity index (χ0) is 22.0. The summed E-state index contributed by atoms with van der Waals surface area (Å²) in [6.07, 6.45) is 3.03. The number of hydrogen-bond donors (Lipinski definition) is 0. The SMILES string of the molecule is C=CCN=c1scc(-c2cc(Cl)ccc2Cl)n1N=Cc1cc2c(cc1[N+](=O)[O-])OCO2. The quantitative estimate of drug-likeness (QED) is 0.213. The number of benzene rings is 2. The predicted octanol–water partition coefficient (Wildman–Crippen LogP) is 5.13. The first kappa shape index (κ1) is 21.1. The summed E-state index contributed by atoms with van der Waals surface area (Å²) in [4.78, 5) is 16.0. The number of rotatable bonds is 6. The summed E-state index contributed by atoms with van der Waals surface area (Å²) in [5, 5.41) is 18.9. The number of aromatic nitrogens is 1. The highest BCUT2D eigenvalue weighted by atomic mass is 35.5. The largest absolute Gasteiger partial charge is 0.454 e. The van der Waals surface area contributed by atoms with Gasteiger partial charge in [0.2, 0.25) is 11.6 Å². The average molecular weight is 477 g/mol. The zero-order valence-corrected chi connectivity index (χ0v) is 18.2. The van der Waals surface area contributed by atoms with Crippen molar-refractivity contribution in [3.63, 3.8) is 0 Å². The van der Waals surface area contributed by atoms with Gasteiger partial charge in [-0.2, -0.15) is 5.10 Å². The van der Waals surface area contributed by atoms with Crippen molar-refractivity contribution in [1.29, 1.82) is 0 Å². The maximum Gasteiger partial charge on any atom is 0.282 e. The smallest absolute Gasteiger partial charge is 0.282 e. The van der Waals surface area contributed by atoms with Crippen LogP contribution in [0, 0.1) is 10.1 Å². The zero-order valence-electron chi connectivity index (χ0n) is 15.8. The Morgan fingerprint density at radius 3 is 2.77 bits per heavy atom. The van der Waals surface area contributed by atoms with Crippen LogP contribution in [-0.2, 0) is 0 Å². The van der Waals surface area contributed by atoms with Crippen molar-refractivity contribution < 1.29 is 14.4 Å². The molecule has 0 bridgehead atoms. The van der Waals surface area contributed by atoms with Gasteiger partial charge in [0, 0.05) is 16.0 Å². The van der Waals surface area contributed by atoms with Gasteiger partial charge in [-0.1, -0.05) is 29.3 Å². The summed E-state index contributed by atoms with van der Waals surface area (Å²) in [6.45, 7) is 4.06. The van der Waals surface area contributed by atoms with Gasteiger partial charge < -0.3 is 9.47 Å². The summed E-state index contributed by atoms with van der Waals surface area (Å²) in [5.41, 5.74) is 1.39. The maximum atomic E-state index is 11.5. The van der Waals surface area contributed by atoms with E-state index in [-0.39, 0.29) is 18.0 Å². The molecular weight excluding hydrogens is 463 g/mol. The third-order valence-corrected chi connectivity index (χ3v) is 5.69. The van der Waals surface area contributed by atoms with Gasteiger partial charge in [0.25, 0.3) is 5.69 Å². The number of ether oxygens (including phenoxy) is 2. The molecule has 2 aromatic carbocycles. The van der Waals surface area contributed by atoms with E-state index in [1.54, 1.807) is 29.0 Å². The molecule has 0 unspecified atom stereocenters. The molecule has 2 heterocycles. The van der Waals surface area contributed by atoms with Gasteiger partial charge in [-0.3, -0.25) is 15.1 Å². The Morgan fingerprint density at radius 2 is 2.03 bits per heavy atom. The standard InChI is InChI=1S/C20H14Cl2N4O4S/c1-2-5-23-20-25(17(10-31-20)14-7-13(21)3-4-15(14)22)24-9-12-6-18-19(30-11-29-18)8-16(12)26(27)28/h2-4,6-10H,1,5,11H2. The first-order valence-electron chi connectivity index (χ1n) is 8.87. The van der Waals surface area contributed by atoms with E-state index < -0.39 is 4.92 Å². The number of halogens is 2. The molecule has 1 aliphatic heterocycles. The molecule has 31 heavy (non-hydrogen) atoms. The highest BCUT2D eigenvalue weighted by Gasteiger charge is 2.22. The topological polar surface area (TPSA) is 91.2 Å². The predicted molar refractivity (Wildman–Crippen MR) is 121 cm³/mol. The molecule has 0 atom stereocenters. The second-order valence-electron chi connectivity index (χ2n) is 6.23. The fourth-order valence-corrected chi connectivity index (χ4v) is 4.09. The van der Waals surface area contributed by atoms with Gasteiger partial charge in [-0.15, -0.1) is 17.9 Å². The first-order chi connectivity index (χ1) is 15.0. The van der Waals surface area contributed by atoms with Crippen molar-refractivity contribution in [2.75, 3.05) is 13.3 Å². The van der Waals surface area contributed by atoms with E-state index in [1.807, 2.05) is 5.38 Å². The van der Waals surface area contributed by atoms with Crippen LogP contribution in [0.5, 0.6) is 11.5 Å². The number of nitrogens with zero attached hydrogens (tertiary/aromatic N) is 4. The van der Waals surface area contributed by atoms with Crippen molar-refractivity contribution in [3.05, 3.63) is 78.9 Å². The summed E-state index contributed by atoms with van der Waals surface area (Å²) in [6, 6.07) is 7.93. The third kappa shape index (κ3) is 4.34. The van der Waals surface area contributed by atoms with E-state index in [0.717, 1.165) is 0 Å². The molecule has 0 fully saturated rings. The Bertz CT molecular complexity index is 1280. The van der Waals surface area contributed by atoms with E-state index in [4.69, 9.17) is 32.7 Å². The third-order valence-electron chi connectivity index (χ3n) is 4.28. The fourth-order valence-electron chi connectivity index (χ4n) is 2.87. The molecule has 1 aliphatic rings. The van der Waals surface area contributed by atoms with Crippen LogP contribution in [0.3, 0.4) is 0 Å². The normalized spacial score (nSPS) is 13.2. The van der Waals surface area contributed by atoms with Gasteiger partial charge in [0.1, 0.15) is 0 Å². The Kier molecular flexibility index (Phi) is 6.08.